The van der Waals surface area contributed by atoms with Crippen LogP contribution in [0.2, 0.25) is 0 Å². The molecule has 0 aromatic carbocycles. The molecule has 0 spiro atoms. The lowest BCUT2D eigenvalue weighted by Crippen LogP contribution is -2.21. The Morgan fingerprint density at radius 1 is 0.365 bits per heavy atom. The van der Waals surface area contributed by atoms with Crippen molar-refractivity contribution >= 4 is 23.3 Å². The molecular formula is C46H90N2O4. The number of carbonyl (C=O) groups excluding carboxylic acids is 4. The molecule has 0 saturated carbocycles. The molecule has 6 heteroatoms. The Labute approximate surface area is 324 Å². The van der Waals surface area contributed by atoms with Gasteiger partial charge in [0.1, 0.15) is 17.3 Å². The summed E-state index contributed by atoms with van der Waals surface area (Å²) in [5.41, 5.74) is 0. The summed E-state index contributed by atoms with van der Waals surface area (Å²) < 4.78 is 0. The van der Waals surface area contributed by atoms with Crippen LogP contribution in [0.3, 0.4) is 0 Å². The van der Waals surface area contributed by atoms with E-state index in [2.05, 4.69) is 17.6 Å². The summed E-state index contributed by atoms with van der Waals surface area (Å²) in [6.07, 6.45) is 41.6. The SMILES string of the molecule is CCCCCCCCCCCC(=O)CCCCCCCCCCC(C)=O.CCNC(=O)CCCCCCCCCCC(=O)CCCCCCCNC. The number of nitrogens with one attached hydrogen (secondary N) is 2. The monoisotopic (exact) mass is 735 g/mol. The summed E-state index contributed by atoms with van der Waals surface area (Å²) in [7, 11) is 2.00. The van der Waals surface area contributed by atoms with Crippen molar-refractivity contribution in [1.29, 1.82) is 0 Å². The number of ketones is 3. The molecule has 0 bridgehead atoms. The number of hydrogen-bond donors (Lipinski definition) is 2. The van der Waals surface area contributed by atoms with Gasteiger partial charge in [-0.2, -0.15) is 0 Å². The van der Waals surface area contributed by atoms with E-state index < -0.39 is 0 Å². The van der Waals surface area contributed by atoms with Gasteiger partial charge in [-0.1, -0.05) is 155 Å². The quantitative estimate of drug-likeness (QED) is 0.0610. The van der Waals surface area contributed by atoms with Gasteiger partial charge in [-0.3, -0.25) is 14.4 Å². The zero-order valence-corrected chi connectivity index (χ0v) is 35.5. The molecule has 308 valence electrons. The van der Waals surface area contributed by atoms with Crippen molar-refractivity contribution in [3.05, 3.63) is 0 Å². The van der Waals surface area contributed by atoms with Crippen molar-refractivity contribution in [1.82, 2.24) is 10.6 Å². The van der Waals surface area contributed by atoms with Gasteiger partial charge in [0.2, 0.25) is 5.91 Å². The molecule has 0 saturated heterocycles. The van der Waals surface area contributed by atoms with E-state index in [4.69, 9.17) is 0 Å². The van der Waals surface area contributed by atoms with E-state index in [1.165, 1.54) is 148 Å². The number of Topliss-reactive ketones (excluding diaryl/α,β-unsaturated/α-hetero) is 3. The number of hydrogen-bond acceptors (Lipinski definition) is 5. The predicted octanol–water partition coefficient (Wildman–Crippen LogP) is 13.1. The highest BCUT2D eigenvalue weighted by Crippen LogP contribution is 2.15. The van der Waals surface area contributed by atoms with Crippen LogP contribution < -0.4 is 10.6 Å². The normalized spacial score (nSPS) is 10.9. The van der Waals surface area contributed by atoms with Crippen LogP contribution >= 0.6 is 0 Å². The first-order chi connectivity index (χ1) is 25.4. The van der Waals surface area contributed by atoms with Gasteiger partial charge in [0, 0.05) is 45.1 Å². The average molecular weight is 735 g/mol. The second kappa shape index (κ2) is 45.6. The number of amides is 1. The Balaban J connectivity index is 0. The fraction of sp³-hybridized carbons (Fsp3) is 0.913. The molecule has 0 aliphatic heterocycles. The molecule has 0 unspecified atom stereocenters. The maximum absolute atomic E-state index is 11.9. The Bertz CT molecular complexity index is 784. The molecule has 2 N–H and O–H groups in total. The zero-order chi connectivity index (χ0) is 38.6. The minimum Gasteiger partial charge on any atom is -0.356 e. The summed E-state index contributed by atoms with van der Waals surface area (Å²) in [6.45, 7) is 7.74. The minimum absolute atomic E-state index is 0.186. The van der Waals surface area contributed by atoms with E-state index >= 15 is 0 Å². The van der Waals surface area contributed by atoms with Gasteiger partial charge in [-0.05, 0) is 72.4 Å². The maximum Gasteiger partial charge on any atom is 0.219 e. The summed E-state index contributed by atoms with van der Waals surface area (Å²) in [4.78, 5) is 45.9. The molecule has 0 fully saturated rings. The van der Waals surface area contributed by atoms with Crippen LogP contribution in [-0.2, 0) is 19.2 Å². The molecular weight excluding hydrogens is 645 g/mol. The Morgan fingerprint density at radius 3 is 0.962 bits per heavy atom. The van der Waals surface area contributed by atoms with Gasteiger partial charge < -0.3 is 15.4 Å². The van der Waals surface area contributed by atoms with Gasteiger partial charge in [-0.25, -0.2) is 0 Å². The predicted molar refractivity (Wildman–Crippen MR) is 225 cm³/mol. The Hall–Kier alpha value is -1.56. The Morgan fingerprint density at radius 2 is 0.654 bits per heavy atom. The molecule has 1 amide bonds. The van der Waals surface area contributed by atoms with Gasteiger partial charge in [0.15, 0.2) is 0 Å². The van der Waals surface area contributed by atoms with Crippen LogP contribution in [0, 0.1) is 0 Å². The first-order valence-electron chi connectivity index (χ1n) is 22.8. The summed E-state index contributed by atoms with van der Waals surface area (Å²) in [6, 6.07) is 0. The van der Waals surface area contributed by atoms with E-state index in [0.717, 1.165) is 90.1 Å². The lowest BCUT2D eigenvalue weighted by atomic mass is 10.0. The van der Waals surface area contributed by atoms with Crippen molar-refractivity contribution in [3.63, 3.8) is 0 Å². The number of carbonyl (C=O) groups is 4. The van der Waals surface area contributed by atoms with Gasteiger partial charge in [0.25, 0.3) is 0 Å². The average Bonchev–Trinajstić information content (AvgIpc) is 3.12. The standard InChI is InChI=1S/C24H46O2.C22H44N2O2/c1-3-4-5-6-7-8-12-15-18-21-24(26)22-19-16-13-10-9-11-14-17-20-23(2)25;1-3-24-22(26)19-15-11-7-5-4-6-9-13-17-21(25)18-14-10-8-12-16-20-23-2/h3-22H2,1-2H3;23H,3-20H2,1-2H3,(H,24,26). The number of rotatable bonds is 41. The van der Waals surface area contributed by atoms with E-state index in [9.17, 15) is 19.2 Å². The summed E-state index contributed by atoms with van der Waals surface area (Å²) >= 11 is 0. The minimum atomic E-state index is 0.186. The van der Waals surface area contributed by atoms with E-state index in [1.54, 1.807) is 6.92 Å². The molecule has 0 aromatic heterocycles. The first kappa shape index (κ1) is 52.5. The van der Waals surface area contributed by atoms with E-state index in [0.29, 0.717) is 23.8 Å². The van der Waals surface area contributed by atoms with Gasteiger partial charge in [0.05, 0.1) is 0 Å². The zero-order valence-electron chi connectivity index (χ0n) is 35.5. The third kappa shape index (κ3) is 48.4. The van der Waals surface area contributed by atoms with Crippen LogP contribution in [0.1, 0.15) is 252 Å². The Kier molecular flexibility index (Phi) is 46.1. The highest BCUT2D eigenvalue weighted by molar-refractivity contribution is 5.78. The lowest BCUT2D eigenvalue weighted by molar-refractivity contribution is -0.121. The second-order valence-electron chi connectivity index (χ2n) is 15.6. The molecule has 0 rings (SSSR count). The van der Waals surface area contributed by atoms with E-state index in [-0.39, 0.29) is 5.91 Å². The second-order valence-corrected chi connectivity index (χ2v) is 15.6. The van der Waals surface area contributed by atoms with Crippen molar-refractivity contribution in [2.24, 2.45) is 0 Å². The molecule has 0 radical (unpaired) electrons. The van der Waals surface area contributed by atoms with Crippen LogP contribution in [-0.4, -0.2) is 43.4 Å². The third-order valence-electron chi connectivity index (χ3n) is 10.2. The molecule has 6 nitrogen and oxygen atoms in total. The maximum atomic E-state index is 11.9. The molecule has 0 aliphatic rings. The molecule has 0 aliphatic carbocycles. The highest BCUT2D eigenvalue weighted by Gasteiger charge is 2.04. The summed E-state index contributed by atoms with van der Waals surface area (Å²) in [5.74, 6) is 1.45. The van der Waals surface area contributed by atoms with Crippen LogP contribution in [0.4, 0.5) is 0 Å². The van der Waals surface area contributed by atoms with Crippen LogP contribution in [0.15, 0.2) is 0 Å². The molecule has 0 atom stereocenters. The topological polar surface area (TPSA) is 92.3 Å². The number of unbranched alkanes of at least 4 members (excludes halogenated alkanes) is 26. The fourth-order valence-electron chi connectivity index (χ4n) is 6.75. The molecule has 0 heterocycles. The van der Waals surface area contributed by atoms with Gasteiger partial charge >= 0.3 is 0 Å². The van der Waals surface area contributed by atoms with E-state index in [1.807, 2.05) is 14.0 Å². The van der Waals surface area contributed by atoms with Crippen molar-refractivity contribution in [2.75, 3.05) is 20.1 Å². The van der Waals surface area contributed by atoms with Crippen LogP contribution in [0.25, 0.3) is 0 Å². The highest BCUT2D eigenvalue weighted by atomic mass is 16.1. The van der Waals surface area contributed by atoms with Crippen molar-refractivity contribution in [3.8, 4) is 0 Å². The van der Waals surface area contributed by atoms with Crippen molar-refractivity contribution < 1.29 is 19.2 Å². The van der Waals surface area contributed by atoms with Gasteiger partial charge in [-0.15, -0.1) is 0 Å². The lowest BCUT2D eigenvalue weighted by Gasteiger charge is -2.04. The molecule has 52 heavy (non-hydrogen) atoms. The fourth-order valence-corrected chi connectivity index (χ4v) is 6.75. The van der Waals surface area contributed by atoms with Crippen LogP contribution in [0.5, 0.6) is 0 Å². The summed E-state index contributed by atoms with van der Waals surface area (Å²) in [5, 5.41) is 6.00. The largest absolute Gasteiger partial charge is 0.356 e. The van der Waals surface area contributed by atoms with Crippen molar-refractivity contribution in [2.45, 2.75) is 252 Å². The first-order valence-corrected chi connectivity index (χ1v) is 22.8. The smallest absolute Gasteiger partial charge is 0.219 e. The third-order valence-corrected chi connectivity index (χ3v) is 10.2. The molecule has 0 aromatic rings.